The molecule has 2 fully saturated rings. The van der Waals surface area contributed by atoms with Gasteiger partial charge in [0.15, 0.2) is 0 Å². The number of nitrogens with one attached hydrogen (secondary N) is 3. The molecule has 10 heteroatoms. The Hall–Kier alpha value is -2.26. The molecule has 0 radical (unpaired) electrons. The largest absolute Gasteiger partial charge is 0.393 e. The smallest absolute Gasteiger partial charge is 0.238 e. The Morgan fingerprint density at radius 3 is 2.58 bits per heavy atom. The fraction of sp³-hybridized carbons (Fsp3) is 0.500. The number of rotatable bonds is 4. The Morgan fingerprint density at radius 1 is 1.18 bits per heavy atom. The van der Waals surface area contributed by atoms with Crippen LogP contribution in [0, 0.1) is 17.0 Å². The van der Waals surface area contributed by atoms with E-state index in [0.29, 0.717) is 36.9 Å². The van der Waals surface area contributed by atoms with E-state index in [-0.39, 0.29) is 27.1 Å². The summed E-state index contributed by atoms with van der Waals surface area (Å²) in [6, 6.07) is 5.13. The summed E-state index contributed by atoms with van der Waals surface area (Å²) < 4.78 is 30.7. The van der Waals surface area contributed by atoms with Gasteiger partial charge in [-0.15, -0.1) is 0 Å². The maximum atomic E-state index is 15.7. The number of amides is 2. The normalized spacial score (nSPS) is 30.5. The molecule has 0 unspecified atom stereocenters. The van der Waals surface area contributed by atoms with Crippen molar-refractivity contribution < 1.29 is 23.5 Å². The molecule has 6 nitrogen and oxygen atoms in total. The molecule has 2 aromatic rings. The predicted molar refractivity (Wildman–Crippen MR) is 142 cm³/mol. The number of fused-ring (bicyclic) bond motifs is 2. The lowest BCUT2D eigenvalue weighted by Crippen LogP contribution is -2.49. The van der Waals surface area contributed by atoms with Gasteiger partial charge in [-0.05, 0) is 60.4 Å². The van der Waals surface area contributed by atoms with Crippen LogP contribution in [0.15, 0.2) is 30.3 Å². The van der Waals surface area contributed by atoms with Crippen LogP contribution in [-0.4, -0.2) is 41.2 Å². The molecule has 38 heavy (non-hydrogen) atoms. The average Bonchev–Trinajstić information content (AvgIpc) is 3.46. The molecule has 2 amide bonds. The predicted octanol–water partition coefficient (Wildman–Crippen LogP) is 5.05. The lowest BCUT2D eigenvalue weighted by molar-refractivity contribution is -0.124. The van der Waals surface area contributed by atoms with Crippen molar-refractivity contribution >= 4 is 40.7 Å². The molecule has 6 atom stereocenters. The minimum Gasteiger partial charge on any atom is -0.393 e. The summed E-state index contributed by atoms with van der Waals surface area (Å²) in [5, 5.41) is 18.9. The molecule has 204 valence electrons. The third-order valence-corrected chi connectivity index (χ3v) is 8.63. The van der Waals surface area contributed by atoms with E-state index in [2.05, 4.69) is 16.0 Å². The van der Waals surface area contributed by atoms with Crippen LogP contribution in [0.3, 0.4) is 0 Å². The second kappa shape index (κ2) is 9.73. The average molecular weight is 566 g/mol. The van der Waals surface area contributed by atoms with Gasteiger partial charge in [0, 0.05) is 23.7 Å². The Labute approximate surface area is 230 Å². The van der Waals surface area contributed by atoms with Crippen LogP contribution in [0.25, 0.3) is 0 Å². The van der Waals surface area contributed by atoms with E-state index in [9.17, 15) is 19.1 Å². The molecule has 4 N–H and O–H groups in total. The van der Waals surface area contributed by atoms with Crippen LogP contribution >= 0.6 is 23.2 Å². The first-order valence-electron chi connectivity index (χ1n) is 12.8. The Bertz CT molecular complexity index is 1300. The summed E-state index contributed by atoms with van der Waals surface area (Å²) in [6.45, 7) is 6.00. The number of halogens is 4. The number of aliphatic hydroxyl groups is 1. The number of anilines is 1. The van der Waals surface area contributed by atoms with Crippen LogP contribution in [-0.2, 0) is 15.0 Å². The molecule has 1 aliphatic carbocycles. The molecule has 2 heterocycles. The lowest BCUT2D eigenvalue weighted by Gasteiger charge is -2.37. The molecule has 3 aliphatic rings. The monoisotopic (exact) mass is 565 g/mol. The summed E-state index contributed by atoms with van der Waals surface area (Å²) in [6.07, 6.45) is 1.52. The maximum absolute atomic E-state index is 15.7. The summed E-state index contributed by atoms with van der Waals surface area (Å²) >= 11 is 12.3. The van der Waals surface area contributed by atoms with Crippen LogP contribution in [0.5, 0.6) is 0 Å². The number of hydrogen-bond acceptors (Lipinski definition) is 4. The quantitative estimate of drug-likeness (QED) is 0.417. The highest BCUT2D eigenvalue weighted by Gasteiger charge is 2.66. The third kappa shape index (κ3) is 4.49. The fourth-order valence-corrected chi connectivity index (χ4v) is 6.89. The molecular weight excluding hydrogens is 535 g/mol. The first-order valence-corrected chi connectivity index (χ1v) is 13.6. The highest BCUT2D eigenvalue weighted by molar-refractivity contribution is 6.31. The lowest BCUT2D eigenvalue weighted by atomic mass is 9.62. The Morgan fingerprint density at radius 2 is 1.92 bits per heavy atom. The molecule has 5 rings (SSSR count). The van der Waals surface area contributed by atoms with Gasteiger partial charge in [-0.3, -0.25) is 9.59 Å². The Balaban J connectivity index is 1.72. The first-order chi connectivity index (χ1) is 17.8. The van der Waals surface area contributed by atoms with Crippen LogP contribution in [0.4, 0.5) is 14.5 Å². The summed E-state index contributed by atoms with van der Waals surface area (Å²) in [7, 11) is 0. The van der Waals surface area contributed by atoms with Gasteiger partial charge in [-0.1, -0.05) is 56.1 Å². The number of hydrogen-bond donors (Lipinski definition) is 4. The molecular formula is C28H31Cl2F2N3O3. The second-order valence-electron chi connectivity index (χ2n) is 11.9. The molecule has 1 saturated carbocycles. The minimum atomic E-state index is -1.53. The van der Waals surface area contributed by atoms with Gasteiger partial charge in [0.1, 0.15) is 17.0 Å². The second-order valence-corrected chi connectivity index (χ2v) is 12.7. The van der Waals surface area contributed by atoms with Crippen molar-refractivity contribution in [3.05, 3.63) is 63.1 Å². The topological polar surface area (TPSA) is 90.5 Å². The van der Waals surface area contributed by atoms with E-state index >= 15 is 4.39 Å². The number of benzene rings is 2. The van der Waals surface area contributed by atoms with Crippen molar-refractivity contribution in [1.29, 1.82) is 0 Å². The number of carbonyl (C=O) groups excluding carboxylic acids is 2. The molecule has 2 aromatic carbocycles. The van der Waals surface area contributed by atoms with Gasteiger partial charge in [0.05, 0.1) is 22.2 Å². The zero-order chi connectivity index (χ0) is 27.6. The van der Waals surface area contributed by atoms with E-state index < -0.39 is 53.0 Å². The van der Waals surface area contributed by atoms with Crippen molar-refractivity contribution in [2.75, 3.05) is 5.32 Å². The highest BCUT2D eigenvalue weighted by atomic mass is 35.5. The summed E-state index contributed by atoms with van der Waals surface area (Å²) in [4.78, 5) is 27.9. The SMILES string of the molecule is CC(C)(C)C[C@H]1N[C@@H](C(=O)N[C@H]2CC[C@H](O)C2)[C@H](c2cccc(Cl)c2F)[C@@]12C(=O)Nc1cc(Cl)c(F)cc12. The zero-order valence-corrected chi connectivity index (χ0v) is 22.9. The maximum Gasteiger partial charge on any atom is 0.238 e. The van der Waals surface area contributed by atoms with Gasteiger partial charge < -0.3 is 21.1 Å². The van der Waals surface area contributed by atoms with E-state index in [1.807, 2.05) is 20.8 Å². The van der Waals surface area contributed by atoms with Crippen LogP contribution < -0.4 is 16.0 Å². The van der Waals surface area contributed by atoms with E-state index in [1.54, 1.807) is 6.07 Å². The standard InChI is InChI=1S/C28H31Cl2F2N3O3/c1-27(2,3)12-21-28(16-10-19(31)18(30)11-20(16)34-26(28)38)22(15-5-4-6-17(29)23(15)32)24(35-21)25(37)33-13-7-8-14(36)9-13/h4-6,10-11,13-14,21-22,24,35-36H,7-9,12H2,1-3H3,(H,33,37)(H,34,38)/t13-,14-,21+,22-,24+,28-/m0/s1. The molecule has 1 saturated heterocycles. The highest BCUT2D eigenvalue weighted by Crippen LogP contribution is 2.57. The Kier molecular flexibility index (Phi) is 7.00. The minimum absolute atomic E-state index is 0.0892. The van der Waals surface area contributed by atoms with E-state index in [4.69, 9.17) is 23.2 Å². The number of carbonyl (C=O) groups is 2. The van der Waals surface area contributed by atoms with Crippen molar-refractivity contribution in [3.8, 4) is 0 Å². The van der Waals surface area contributed by atoms with Crippen molar-refractivity contribution in [2.24, 2.45) is 5.41 Å². The summed E-state index contributed by atoms with van der Waals surface area (Å²) in [5.41, 5.74) is -1.10. The number of aliphatic hydroxyl groups excluding tert-OH is 1. The summed E-state index contributed by atoms with van der Waals surface area (Å²) in [5.74, 6) is -3.39. The van der Waals surface area contributed by atoms with Gasteiger partial charge >= 0.3 is 0 Å². The van der Waals surface area contributed by atoms with Crippen LogP contribution in [0.2, 0.25) is 10.0 Å². The van der Waals surface area contributed by atoms with Crippen LogP contribution in [0.1, 0.15) is 63.5 Å². The molecule has 0 bridgehead atoms. The molecule has 1 spiro atoms. The molecule has 2 aliphatic heterocycles. The van der Waals surface area contributed by atoms with E-state index in [0.717, 1.165) is 0 Å². The van der Waals surface area contributed by atoms with Gasteiger partial charge in [0.25, 0.3) is 0 Å². The van der Waals surface area contributed by atoms with Crippen molar-refractivity contribution in [1.82, 2.24) is 10.6 Å². The zero-order valence-electron chi connectivity index (χ0n) is 21.4. The van der Waals surface area contributed by atoms with E-state index in [1.165, 1.54) is 24.3 Å². The first kappa shape index (κ1) is 27.3. The van der Waals surface area contributed by atoms with Gasteiger partial charge in [0.2, 0.25) is 11.8 Å². The third-order valence-electron chi connectivity index (χ3n) is 8.05. The van der Waals surface area contributed by atoms with Gasteiger partial charge in [-0.25, -0.2) is 8.78 Å². The van der Waals surface area contributed by atoms with Gasteiger partial charge in [-0.2, -0.15) is 0 Å². The fourth-order valence-electron chi connectivity index (χ4n) is 6.54. The van der Waals surface area contributed by atoms with Crippen molar-refractivity contribution in [2.45, 2.75) is 82.0 Å². The molecule has 0 aromatic heterocycles. The van der Waals surface area contributed by atoms with Crippen molar-refractivity contribution in [3.63, 3.8) is 0 Å².